The molecule has 10 nitrogen and oxygen atoms in total. The minimum absolute atomic E-state index is 0.0874. The van der Waals surface area contributed by atoms with Crippen LogP contribution in [0.25, 0.3) is 22.5 Å². The number of aryl methyl sites for hydroxylation is 1. The van der Waals surface area contributed by atoms with Gasteiger partial charge in [0.25, 0.3) is 5.91 Å². The summed E-state index contributed by atoms with van der Waals surface area (Å²) in [7, 11) is 1.68. The van der Waals surface area contributed by atoms with Crippen molar-refractivity contribution in [1.82, 2.24) is 35.1 Å². The predicted octanol–water partition coefficient (Wildman–Crippen LogP) is 5.75. The van der Waals surface area contributed by atoms with E-state index in [0.717, 1.165) is 58.8 Å². The maximum atomic E-state index is 14.0. The van der Waals surface area contributed by atoms with Gasteiger partial charge in [0, 0.05) is 44.7 Å². The fourth-order valence-electron chi connectivity index (χ4n) is 5.74. The lowest BCUT2D eigenvalue weighted by Gasteiger charge is -2.36. The number of carbonyl (C=O) groups is 1. The van der Waals surface area contributed by atoms with Crippen LogP contribution in [0, 0.1) is 0 Å². The van der Waals surface area contributed by atoms with Gasteiger partial charge in [-0.25, -0.2) is 4.98 Å². The van der Waals surface area contributed by atoms with E-state index >= 15 is 0 Å². The zero-order valence-corrected chi connectivity index (χ0v) is 25.7. The first-order chi connectivity index (χ1) is 21.6. The molecule has 5 aromatic rings. The second-order valence-electron chi connectivity index (χ2n) is 10.8. The van der Waals surface area contributed by atoms with E-state index in [-0.39, 0.29) is 11.1 Å². The third-order valence-corrected chi connectivity index (χ3v) is 8.34. The van der Waals surface area contributed by atoms with E-state index in [4.69, 9.17) is 16.3 Å². The summed E-state index contributed by atoms with van der Waals surface area (Å²) in [6.45, 7) is 5.20. The lowest BCUT2D eigenvalue weighted by Crippen LogP contribution is -2.49. The standard InChI is InChI=1S/C33H35ClN8O2/c1-3-4-13-29-35-31(34)30(33(43)41-20-18-40(19-21-41)27-11-7-8-12-28(27)44-2)42(29)22-23-14-16-24(17-15-23)25-9-5-6-10-26(25)32-36-38-39-37-32/h5-12,14-17H,3-4,13,18-22H2,1-2H3,(H,36,37,38,39). The van der Waals surface area contributed by atoms with Crippen molar-refractivity contribution >= 4 is 23.2 Å². The number of piperazine rings is 1. The quantitative estimate of drug-likeness (QED) is 0.215. The fraction of sp³-hybridized carbons (Fsp3) is 0.303. The number of nitrogens with zero attached hydrogens (tertiary/aromatic N) is 7. The molecule has 226 valence electrons. The van der Waals surface area contributed by atoms with E-state index in [9.17, 15) is 4.79 Å². The molecule has 1 saturated heterocycles. The van der Waals surface area contributed by atoms with E-state index in [2.05, 4.69) is 67.8 Å². The first-order valence-corrected chi connectivity index (χ1v) is 15.3. The number of aromatic amines is 1. The van der Waals surface area contributed by atoms with E-state index in [1.165, 1.54) is 0 Å². The Kier molecular flexibility index (Phi) is 8.88. The summed E-state index contributed by atoms with van der Waals surface area (Å²) < 4.78 is 7.57. The van der Waals surface area contributed by atoms with Gasteiger partial charge in [0.2, 0.25) is 5.82 Å². The Hall–Kier alpha value is -4.70. The van der Waals surface area contributed by atoms with Gasteiger partial charge < -0.3 is 19.1 Å². The second kappa shape index (κ2) is 13.3. The highest BCUT2D eigenvalue weighted by Crippen LogP contribution is 2.31. The number of halogens is 1. The SMILES string of the molecule is CCCCc1nc(Cl)c(C(=O)N2CCN(c3ccccc3OC)CC2)n1Cc1ccc(-c2ccccc2-c2nn[nH]n2)cc1. The molecule has 1 aliphatic rings. The van der Waals surface area contributed by atoms with Gasteiger partial charge in [-0.1, -0.05) is 85.6 Å². The number of hydrogen-bond donors (Lipinski definition) is 1. The molecule has 1 fully saturated rings. The van der Waals surface area contributed by atoms with Crippen molar-refractivity contribution in [1.29, 1.82) is 0 Å². The van der Waals surface area contributed by atoms with Gasteiger partial charge in [0.05, 0.1) is 12.8 Å². The number of para-hydroxylation sites is 2. The highest BCUT2D eigenvalue weighted by atomic mass is 35.5. The van der Waals surface area contributed by atoms with E-state index in [1.54, 1.807) is 7.11 Å². The van der Waals surface area contributed by atoms with E-state index in [1.807, 2.05) is 51.9 Å². The lowest BCUT2D eigenvalue weighted by atomic mass is 9.98. The van der Waals surface area contributed by atoms with Crippen molar-refractivity contribution in [3.05, 3.63) is 95.0 Å². The van der Waals surface area contributed by atoms with E-state index < -0.39 is 0 Å². The number of benzene rings is 3. The Morgan fingerprint density at radius 2 is 1.68 bits per heavy atom. The number of anilines is 1. The summed E-state index contributed by atoms with van der Waals surface area (Å²) in [5.74, 6) is 2.12. The van der Waals surface area contributed by atoms with Crippen molar-refractivity contribution in [2.24, 2.45) is 0 Å². The molecule has 44 heavy (non-hydrogen) atoms. The molecule has 1 amide bonds. The van der Waals surface area contributed by atoms with Crippen LogP contribution in [0.2, 0.25) is 5.15 Å². The Bertz CT molecular complexity index is 1710. The highest BCUT2D eigenvalue weighted by Gasteiger charge is 2.29. The van der Waals surface area contributed by atoms with Crippen LogP contribution in [-0.4, -0.2) is 74.3 Å². The molecule has 0 spiro atoms. The largest absolute Gasteiger partial charge is 0.495 e. The van der Waals surface area contributed by atoms with Crippen LogP contribution in [0.4, 0.5) is 5.69 Å². The van der Waals surface area contributed by atoms with Crippen LogP contribution in [0.15, 0.2) is 72.8 Å². The minimum Gasteiger partial charge on any atom is -0.495 e. The summed E-state index contributed by atoms with van der Waals surface area (Å²) >= 11 is 6.72. The number of imidazole rings is 1. The average Bonchev–Trinajstić information content (AvgIpc) is 3.72. The normalized spacial score (nSPS) is 13.3. The number of ether oxygens (including phenoxy) is 1. The summed E-state index contributed by atoms with van der Waals surface area (Å²) in [6, 6.07) is 24.3. The third kappa shape index (κ3) is 6.03. The lowest BCUT2D eigenvalue weighted by molar-refractivity contribution is 0.0736. The zero-order valence-electron chi connectivity index (χ0n) is 24.9. The third-order valence-electron chi connectivity index (χ3n) is 8.07. The van der Waals surface area contributed by atoms with Gasteiger partial charge in [0.1, 0.15) is 17.3 Å². The number of aromatic nitrogens is 6. The number of nitrogens with one attached hydrogen (secondary N) is 1. The second-order valence-corrected chi connectivity index (χ2v) is 11.1. The van der Waals surface area contributed by atoms with Crippen LogP contribution in [-0.2, 0) is 13.0 Å². The molecule has 0 atom stereocenters. The maximum absolute atomic E-state index is 14.0. The van der Waals surface area contributed by atoms with Crippen LogP contribution in [0.1, 0.15) is 41.6 Å². The topological polar surface area (TPSA) is 105 Å². The molecular formula is C33H35ClN8O2. The van der Waals surface area contributed by atoms with Gasteiger partial charge >= 0.3 is 0 Å². The molecule has 1 aliphatic heterocycles. The number of tetrazole rings is 1. The van der Waals surface area contributed by atoms with Gasteiger partial charge in [-0.2, -0.15) is 5.21 Å². The molecule has 1 N–H and O–H groups in total. The van der Waals surface area contributed by atoms with E-state index in [0.29, 0.717) is 44.2 Å². The van der Waals surface area contributed by atoms with Crippen molar-refractivity contribution in [2.45, 2.75) is 32.7 Å². The molecule has 3 heterocycles. The van der Waals surface area contributed by atoms with Crippen molar-refractivity contribution in [3.63, 3.8) is 0 Å². The maximum Gasteiger partial charge on any atom is 0.273 e. The molecular weight excluding hydrogens is 576 g/mol. The van der Waals surface area contributed by atoms with Gasteiger partial charge in [-0.15, -0.1) is 10.2 Å². The summed E-state index contributed by atoms with van der Waals surface area (Å²) in [5, 5.41) is 14.8. The summed E-state index contributed by atoms with van der Waals surface area (Å²) in [5.41, 5.74) is 5.49. The van der Waals surface area contributed by atoms with Crippen LogP contribution >= 0.6 is 11.6 Å². The van der Waals surface area contributed by atoms with Crippen LogP contribution in [0.5, 0.6) is 5.75 Å². The molecule has 0 saturated carbocycles. The highest BCUT2D eigenvalue weighted by molar-refractivity contribution is 6.32. The molecule has 11 heteroatoms. The number of amides is 1. The molecule has 0 aliphatic carbocycles. The number of methoxy groups -OCH3 is 1. The number of rotatable bonds is 10. The number of hydrogen-bond acceptors (Lipinski definition) is 7. The molecule has 2 aromatic heterocycles. The Morgan fingerprint density at radius 1 is 0.955 bits per heavy atom. The number of carbonyl (C=O) groups excluding carboxylic acids is 1. The monoisotopic (exact) mass is 610 g/mol. The molecule has 3 aromatic carbocycles. The number of unbranched alkanes of at least 4 members (excludes halogenated alkanes) is 1. The minimum atomic E-state index is -0.0874. The summed E-state index contributed by atoms with van der Waals surface area (Å²) in [6.07, 6.45) is 2.73. The molecule has 0 bridgehead atoms. The summed E-state index contributed by atoms with van der Waals surface area (Å²) in [4.78, 5) is 22.8. The smallest absolute Gasteiger partial charge is 0.273 e. The van der Waals surface area contributed by atoms with Crippen molar-refractivity contribution in [2.75, 3.05) is 38.2 Å². The first-order valence-electron chi connectivity index (χ1n) is 14.9. The van der Waals surface area contributed by atoms with Crippen LogP contribution in [0.3, 0.4) is 0 Å². The van der Waals surface area contributed by atoms with Crippen molar-refractivity contribution < 1.29 is 9.53 Å². The number of H-pyrrole nitrogens is 1. The van der Waals surface area contributed by atoms with Crippen LogP contribution < -0.4 is 9.64 Å². The molecule has 0 unspecified atom stereocenters. The van der Waals surface area contributed by atoms with Gasteiger partial charge in [-0.05, 0) is 40.5 Å². The Morgan fingerprint density at radius 3 is 2.39 bits per heavy atom. The fourth-order valence-corrected chi connectivity index (χ4v) is 6.02. The first kappa shape index (κ1) is 29.4. The van der Waals surface area contributed by atoms with Crippen molar-refractivity contribution in [3.8, 4) is 28.3 Å². The zero-order chi connectivity index (χ0) is 30.5. The molecule has 6 rings (SSSR count). The van der Waals surface area contributed by atoms with Gasteiger partial charge in [-0.3, -0.25) is 4.79 Å². The average molecular weight is 611 g/mol. The Labute approximate surface area is 261 Å². The predicted molar refractivity (Wildman–Crippen MR) is 171 cm³/mol. The van der Waals surface area contributed by atoms with Gasteiger partial charge in [0.15, 0.2) is 5.15 Å². The Balaban J connectivity index is 1.23. The molecule has 0 radical (unpaired) electrons.